The maximum atomic E-state index is 4.76. The van der Waals surface area contributed by atoms with Crippen LogP contribution in [-0.4, -0.2) is 38.8 Å². The second-order valence-corrected chi connectivity index (χ2v) is 8.91. The summed E-state index contributed by atoms with van der Waals surface area (Å²) in [4.78, 5) is 14.1. The molecule has 0 bridgehead atoms. The van der Waals surface area contributed by atoms with Crippen molar-refractivity contribution in [1.82, 2.24) is 30.4 Å². The van der Waals surface area contributed by atoms with Crippen LogP contribution in [0.2, 0.25) is 0 Å². The smallest absolute Gasteiger partial charge is 0.191 e. The van der Waals surface area contributed by atoms with Crippen molar-refractivity contribution >= 4 is 41.3 Å². The van der Waals surface area contributed by atoms with Crippen molar-refractivity contribution in [2.24, 2.45) is 4.99 Å². The van der Waals surface area contributed by atoms with Crippen LogP contribution in [0.4, 0.5) is 0 Å². The van der Waals surface area contributed by atoms with Gasteiger partial charge in [0.05, 0.1) is 16.7 Å². The van der Waals surface area contributed by atoms with Gasteiger partial charge in [-0.1, -0.05) is 20.8 Å². The normalized spacial score (nSPS) is 17.0. The molecule has 0 amide bonds. The molecule has 3 heterocycles. The minimum Gasteiger partial charge on any atom is -0.357 e. The molecule has 0 aromatic carbocycles. The number of rotatable bonds is 5. The highest BCUT2D eigenvalue weighted by molar-refractivity contribution is 14.0. The number of aliphatic imine (C=N–C) groups is 1. The van der Waals surface area contributed by atoms with Gasteiger partial charge in [-0.3, -0.25) is 4.99 Å². The average Bonchev–Trinajstić information content (AvgIpc) is 3.21. The highest BCUT2D eigenvalue weighted by Gasteiger charge is 2.24. The first kappa shape index (κ1) is 23.1. The number of aryl methyl sites for hydroxylation is 2. The summed E-state index contributed by atoms with van der Waals surface area (Å²) in [5.41, 5.74) is 1.26. The van der Waals surface area contributed by atoms with Crippen LogP contribution < -0.4 is 10.6 Å². The SMILES string of the molecule is CCNC(=NCCc1nc(C(C)(C)C)cs1)NC1CCCn2nc(C)nc21.I. The Morgan fingerprint density at radius 2 is 2.14 bits per heavy atom. The molecule has 1 unspecified atom stereocenters. The standard InChI is InChI=1S/C19H31N7S.HI/c1-6-20-18(21-10-9-16-24-15(12-27-16)19(3,4)5)23-14-8-7-11-26-17(14)22-13(2)25-26;/h12,14H,6-11H2,1-5H3,(H2,20,21,23);1H. The fraction of sp³-hybridized carbons (Fsp3) is 0.684. The Labute approximate surface area is 188 Å². The minimum absolute atomic E-state index is 0. The predicted octanol–water partition coefficient (Wildman–Crippen LogP) is 3.59. The fourth-order valence-electron chi connectivity index (χ4n) is 3.12. The summed E-state index contributed by atoms with van der Waals surface area (Å²) in [6, 6.07) is 0.158. The summed E-state index contributed by atoms with van der Waals surface area (Å²) < 4.78 is 2.02. The molecule has 1 aliphatic heterocycles. The highest BCUT2D eigenvalue weighted by atomic mass is 127. The van der Waals surface area contributed by atoms with E-state index in [0.29, 0.717) is 6.54 Å². The number of hydrogen-bond donors (Lipinski definition) is 2. The van der Waals surface area contributed by atoms with E-state index in [1.165, 1.54) is 0 Å². The third-order valence-electron chi connectivity index (χ3n) is 4.55. The summed E-state index contributed by atoms with van der Waals surface area (Å²) in [6.07, 6.45) is 3.00. The Kier molecular flexibility index (Phi) is 8.23. The molecule has 1 aliphatic rings. The zero-order chi connectivity index (χ0) is 19.4. The van der Waals surface area contributed by atoms with Crippen molar-refractivity contribution in [2.75, 3.05) is 13.1 Å². The number of thiazole rings is 1. The Bertz CT molecular complexity index is 791. The zero-order valence-corrected chi connectivity index (χ0v) is 20.6. The van der Waals surface area contributed by atoms with Gasteiger partial charge < -0.3 is 10.6 Å². The maximum absolute atomic E-state index is 4.76. The van der Waals surface area contributed by atoms with Crippen molar-refractivity contribution in [1.29, 1.82) is 0 Å². The molecule has 0 aliphatic carbocycles. The van der Waals surface area contributed by atoms with Crippen LogP contribution >= 0.6 is 35.3 Å². The number of fused-ring (bicyclic) bond motifs is 1. The van der Waals surface area contributed by atoms with E-state index in [9.17, 15) is 0 Å². The number of halogens is 1. The van der Waals surface area contributed by atoms with Crippen LogP contribution in [0.5, 0.6) is 0 Å². The topological polar surface area (TPSA) is 80.0 Å². The van der Waals surface area contributed by atoms with Gasteiger partial charge in [0, 0.05) is 36.9 Å². The van der Waals surface area contributed by atoms with Crippen LogP contribution in [0.1, 0.15) is 68.9 Å². The van der Waals surface area contributed by atoms with Crippen molar-refractivity contribution in [3.05, 3.63) is 27.7 Å². The van der Waals surface area contributed by atoms with Crippen LogP contribution in [0.25, 0.3) is 0 Å². The molecule has 9 heteroatoms. The van der Waals surface area contributed by atoms with Crippen LogP contribution in [0.3, 0.4) is 0 Å². The first-order chi connectivity index (χ1) is 12.9. The Hall–Kier alpha value is -1.23. The van der Waals surface area contributed by atoms with Gasteiger partial charge >= 0.3 is 0 Å². The van der Waals surface area contributed by atoms with Gasteiger partial charge in [0.15, 0.2) is 5.96 Å². The van der Waals surface area contributed by atoms with E-state index in [1.54, 1.807) is 11.3 Å². The van der Waals surface area contributed by atoms with E-state index in [0.717, 1.165) is 60.7 Å². The number of hydrogen-bond acceptors (Lipinski definition) is 5. The first-order valence-corrected chi connectivity index (χ1v) is 10.7. The Morgan fingerprint density at radius 3 is 2.82 bits per heavy atom. The molecule has 28 heavy (non-hydrogen) atoms. The average molecular weight is 517 g/mol. The third-order valence-corrected chi connectivity index (χ3v) is 5.46. The van der Waals surface area contributed by atoms with E-state index in [-0.39, 0.29) is 35.4 Å². The molecule has 0 radical (unpaired) electrons. The van der Waals surface area contributed by atoms with E-state index in [2.05, 4.69) is 53.8 Å². The largest absolute Gasteiger partial charge is 0.357 e. The highest BCUT2D eigenvalue weighted by Crippen LogP contribution is 2.24. The lowest BCUT2D eigenvalue weighted by molar-refractivity contribution is 0.397. The second-order valence-electron chi connectivity index (χ2n) is 7.97. The monoisotopic (exact) mass is 517 g/mol. The van der Waals surface area contributed by atoms with E-state index in [1.807, 2.05) is 11.6 Å². The molecule has 0 spiro atoms. The number of nitrogens with zero attached hydrogens (tertiary/aromatic N) is 5. The molecule has 0 saturated heterocycles. The van der Waals surface area contributed by atoms with Crippen molar-refractivity contribution in [3.8, 4) is 0 Å². The number of aromatic nitrogens is 4. The molecule has 156 valence electrons. The molecule has 3 rings (SSSR count). The zero-order valence-electron chi connectivity index (χ0n) is 17.4. The molecule has 2 aromatic heterocycles. The molecule has 0 saturated carbocycles. The molecule has 2 N–H and O–H groups in total. The molecular weight excluding hydrogens is 485 g/mol. The summed E-state index contributed by atoms with van der Waals surface area (Å²) in [6.45, 7) is 13.1. The second kappa shape index (κ2) is 10.00. The Morgan fingerprint density at radius 1 is 1.36 bits per heavy atom. The maximum Gasteiger partial charge on any atom is 0.191 e. The Balaban J connectivity index is 0.00000280. The summed E-state index contributed by atoms with van der Waals surface area (Å²) in [5.74, 6) is 2.68. The molecule has 0 fully saturated rings. The number of guanidine groups is 1. The van der Waals surface area contributed by atoms with Gasteiger partial charge in [-0.25, -0.2) is 14.6 Å². The minimum atomic E-state index is 0. The molecular formula is C19H32IN7S. The van der Waals surface area contributed by atoms with Gasteiger partial charge in [0.1, 0.15) is 11.6 Å². The molecule has 1 atom stereocenters. The molecule has 2 aromatic rings. The van der Waals surface area contributed by atoms with Crippen molar-refractivity contribution in [3.63, 3.8) is 0 Å². The van der Waals surface area contributed by atoms with E-state index in [4.69, 9.17) is 9.98 Å². The van der Waals surface area contributed by atoms with Gasteiger partial charge in [0.25, 0.3) is 0 Å². The summed E-state index contributed by atoms with van der Waals surface area (Å²) >= 11 is 1.73. The van der Waals surface area contributed by atoms with Crippen LogP contribution in [0, 0.1) is 6.92 Å². The molecule has 7 nitrogen and oxygen atoms in total. The van der Waals surface area contributed by atoms with Crippen LogP contribution in [0.15, 0.2) is 10.4 Å². The fourth-order valence-corrected chi connectivity index (χ4v) is 4.14. The lowest BCUT2D eigenvalue weighted by atomic mass is 9.93. The van der Waals surface area contributed by atoms with Crippen molar-refractivity contribution in [2.45, 2.75) is 71.9 Å². The van der Waals surface area contributed by atoms with Crippen molar-refractivity contribution < 1.29 is 0 Å². The first-order valence-electron chi connectivity index (χ1n) is 9.78. The summed E-state index contributed by atoms with van der Waals surface area (Å²) in [7, 11) is 0. The van der Waals surface area contributed by atoms with Crippen LogP contribution in [-0.2, 0) is 18.4 Å². The lowest BCUT2D eigenvalue weighted by Crippen LogP contribution is -2.41. The van der Waals surface area contributed by atoms with Gasteiger partial charge in [-0.2, -0.15) is 5.10 Å². The predicted molar refractivity (Wildman–Crippen MR) is 126 cm³/mol. The third kappa shape index (κ3) is 5.88. The van der Waals surface area contributed by atoms with Gasteiger partial charge in [-0.15, -0.1) is 35.3 Å². The van der Waals surface area contributed by atoms with E-state index < -0.39 is 0 Å². The van der Waals surface area contributed by atoms with Gasteiger partial charge in [0.2, 0.25) is 0 Å². The lowest BCUT2D eigenvalue weighted by Gasteiger charge is -2.25. The van der Waals surface area contributed by atoms with Gasteiger partial charge in [-0.05, 0) is 26.7 Å². The number of nitrogens with one attached hydrogen (secondary N) is 2. The quantitative estimate of drug-likeness (QED) is 0.360. The van der Waals surface area contributed by atoms with E-state index >= 15 is 0 Å². The summed E-state index contributed by atoms with van der Waals surface area (Å²) in [5, 5.41) is 14.7.